The average Bonchev–Trinajstić information content (AvgIpc) is 2.75. The minimum absolute atomic E-state index is 0.0179. The van der Waals surface area contributed by atoms with Crippen molar-refractivity contribution >= 4 is 23.0 Å². The van der Waals surface area contributed by atoms with Gasteiger partial charge in [-0.1, -0.05) is 6.07 Å². The SMILES string of the molecule is O=C(Oc1ccc(-c2cc(=O)c3c(F)cccc3n2C(=O)O)cc1F)c1cccnc1. The Labute approximate surface area is 172 Å². The first-order valence-corrected chi connectivity index (χ1v) is 8.86. The fourth-order valence-corrected chi connectivity index (χ4v) is 3.14. The van der Waals surface area contributed by atoms with Crippen molar-refractivity contribution in [3.05, 3.63) is 94.4 Å². The Hall–Kier alpha value is -4.40. The lowest BCUT2D eigenvalue weighted by Crippen LogP contribution is -2.18. The molecule has 0 aliphatic carbocycles. The molecule has 0 aliphatic rings. The number of carbonyl (C=O) groups is 2. The molecule has 154 valence electrons. The topological polar surface area (TPSA) is 98.5 Å². The van der Waals surface area contributed by atoms with E-state index in [0.29, 0.717) is 4.57 Å². The predicted octanol–water partition coefficient (Wildman–Crippen LogP) is 4.09. The number of carboxylic acid groups (broad SMARTS) is 1. The molecule has 9 heteroatoms. The predicted molar refractivity (Wildman–Crippen MR) is 106 cm³/mol. The number of esters is 1. The van der Waals surface area contributed by atoms with Crippen molar-refractivity contribution in [2.75, 3.05) is 0 Å². The van der Waals surface area contributed by atoms with Crippen LogP contribution >= 0.6 is 0 Å². The van der Waals surface area contributed by atoms with Crippen LogP contribution in [0, 0.1) is 11.6 Å². The Morgan fingerprint density at radius 3 is 2.48 bits per heavy atom. The van der Waals surface area contributed by atoms with Gasteiger partial charge in [0.05, 0.1) is 22.2 Å². The molecule has 4 rings (SSSR count). The Morgan fingerprint density at radius 2 is 1.81 bits per heavy atom. The molecule has 7 nitrogen and oxygen atoms in total. The second-order valence-corrected chi connectivity index (χ2v) is 6.42. The van der Waals surface area contributed by atoms with E-state index in [4.69, 9.17) is 4.74 Å². The van der Waals surface area contributed by atoms with Gasteiger partial charge in [0.25, 0.3) is 0 Å². The lowest BCUT2D eigenvalue weighted by molar-refractivity contribution is 0.0727. The van der Waals surface area contributed by atoms with Gasteiger partial charge in [-0.15, -0.1) is 0 Å². The number of fused-ring (bicyclic) bond motifs is 1. The van der Waals surface area contributed by atoms with Gasteiger partial charge >= 0.3 is 12.1 Å². The number of halogens is 2. The fraction of sp³-hybridized carbons (Fsp3) is 0. The van der Waals surface area contributed by atoms with Gasteiger partial charge in [0.15, 0.2) is 17.0 Å². The molecule has 0 bridgehead atoms. The van der Waals surface area contributed by atoms with Crippen molar-refractivity contribution in [2.45, 2.75) is 0 Å². The van der Waals surface area contributed by atoms with Gasteiger partial charge in [-0.25, -0.2) is 22.9 Å². The van der Waals surface area contributed by atoms with Crippen LogP contribution in [0.4, 0.5) is 13.6 Å². The maximum atomic E-state index is 14.6. The minimum atomic E-state index is -1.49. The average molecular weight is 422 g/mol. The zero-order valence-electron chi connectivity index (χ0n) is 15.6. The normalized spacial score (nSPS) is 10.8. The third-order valence-electron chi connectivity index (χ3n) is 4.51. The van der Waals surface area contributed by atoms with Crippen molar-refractivity contribution in [3.63, 3.8) is 0 Å². The summed E-state index contributed by atoms with van der Waals surface area (Å²) in [5, 5.41) is 9.25. The van der Waals surface area contributed by atoms with Crippen molar-refractivity contribution in [1.82, 2.24) is 9.55 Å². The number of carbonyl (C=O) groups excluding carboxylic acids is 1. The molecule has 2 aromatic carbocycles. The van der Waals surface area contributed by atoms with Gasteiger partial charge in [0.1, 0.15) is 5.82 Å². The zero-order chi connectivity index (χ0) is 22.1. The highest BCUT2D eigenvalue weighted by atomic mass is 19.1. The van der Waals surface area contributed by atoms with Crippen LogP contribution in [-0.2, 0) is 0 Å². The Kier molecular flexibility index (Phi) is 5.00. The molecule has 0 saturated heterocycles. The highest BCUT2D eigenvalue weighted by Crippen LogP contribution is 2.28. The number of hydrogen-bond donors (Lipinski definition) is 1. The molecule has 0 fully saturated rings. The lowest BCUT2D eigenvalue weighted by Gasteiger charge is -2.14. The monoisotopic (exact) mass is 422 g/mol. The molecular formula is C22H12F2N2O5. The third kappa shape index (κ3) is 3.64. The van der Waals surface area contributed by atoms with E-state index in [1.54, 1.807) is 0 Å². The van der Waals surface area contributed by atoms with Crippen LogP contribution in [0.2, 0.25) is 0 Å². The van der Waals surface area contributed by atoms with Crippen molar-refractivity contribution in [1.29, 1.82) is 0 Å². The van der Waals surface area contributed by atoms with E-state index in [0.717, 1.165) is 24.3 Å². The number of ether oxygens (including phenoxy) is 1. The van der Waals surface area contributed by atoms with Crippen LogP contribution in [-0.4, -0.2) is 26.7 Å². The van der Waals surface area contributed by atoms with Crippen LogP contribution in [0.1, 0.15) is 10.4 Å². The maximum absolute atomic E-state index is 14.6. The molecule has 0 saturated carbocycles. The molecule has 0 unspecified atom stereocenters. The summed E-state index contributed by atoms with van der Waals surface area (Å²) in [4.78, 5) is 40.1. The van der Waals surface area contributed by atoms with Crippen molar-refractivity contribution in [3.8, 4) is 17.0 Å². The summed E-state index contributed by atoms with van der Waals surface area (Å²) in [5.41, 5.74) is -0.971. The van der Waals surface area contributed by atoms with Crippen molar-refractivity contribution < 1.29 is 28.2 Å². The molecule has 0 spiro atoms. The quantitative estimate of drug-likeness (QED) is 0.395. The molecular weight excluding hydrogens is 410 g/mol. The van der Waals surface area contributed by atoms with E-state index < -0.39 is 40.3 Å². The van der Waals surface area contributed by atoms with Gasteiger partial charge in [0.2, 0.25) is 0 Å². The highest BCUT2D eigenvalue weighted by Gasteiger charge is 2.19. The van der Waals surface area contributed by atoms with Crippen LogP contribution in [0.25, 0.3) is 22.2 Å². The van der Waals surface area contributed by atoms with Gasteiger partial charge in [-0.05, 0) is 42.5 Å². The Morgan fingerprint density at radius 1 is 1.00 bits per heavy atom. The summed E-state index contributed by atoms with van der Waals surface area (Å²) in [6, 6.07) is 10.8. The van der Waals surface area contributed by atoms with E-state index in [9.17, 15) is 28.3 Å². The number of nitrogens with zero attached hydrogens (tertiary/aromatic N) is 2. The van der Waals surface area contributed by atoms with E-state index in [1.807, 2.05) is 0 Å². The molecule has 31 heavy (non-hydrogen) atoms. The highest BCUT2D eigenvalue weighted by molar-refractivity contribution is 5.93. The van der Waals surface area contributed by atoms with Crippen LogP contribution < -0.4 is 10.2 Å². The van der Waals surface area contributed by atoms with E-state index in [-0.39, 0.29) is 22.3 Å². The molecule has 2 aromatic heterocycles. The van der Waals surface area contributed by atoms with Crippen molar-refractivity contribution in [2.24, 2.45) is 0 Å². The summed E-state index contributed by atoms with van der Waals surface area (Å²) >= 11 is 0. The van der Waals surface area contributed by atoms with Crippen LogP contribution in [0.3, 0.4) is 0 Å². The summed E-state index contributed by atoms with van der Waals surface area (Å²) in [7, 11) is 0. The van der Waals surface area contributed by atoms with E-state index in [2.05, 4.69) is 4.98 Å². The number of hydrogen-bond acceptors (Lipinski definition) is 5. The summed E-state index contributed by atoms with van der Waals surface area (Å²) < 4.78 is 34.4. The molecule has 0 atom stereocenters. The van der Waals surface area contributed by atoms with Gasteiger partial charge in [0, 0.05) is 24.0 Å². The summed E-state index contributed by atoms with van der Waals surface area (Å²) in [5.74, 6) is -3.05. The minimum Gasteiger partial charge on any atom is -0.464 e. The number of benzene rings is 2. The standard InChI is InChI=1S/C22H12F2N2O5/c23-14-4-1-5-16-20(14)18(27)10-17(26(16)22(29)30)12-6-7-19(15(24)9-12)31-21(28)13-3-2-8-25-11-13/h1-11H,(H,29,30). The molecule has 1 N–H and O–H groups in total. The van der Waals surface area contributed by atoms with Gasteiger partial charge in [-0.2, -0.15) is 0 Å². The second kappa shape index (κ2) is 7.79. The van der Waals surface area contributed by atoms with E-state index >= 15 is 0 Å². The number of aromatic nitrogens is 2. The molecule has 0 amide bonds. The van der Waals surface area contributed by atoms with Gasteiger partial charge < -0.3 is 9.84 Å². The second-order valence-electron chi connectivity index (χ2n) is 6.42. The largest absolute Gasteiger partial charge is 0.464 e. The summed E-state index contributed by atoms with van der Waals surface area (Å²) in [6.45, 7) is 0. The first kappa shape index (κ1) is 19.9. The van der Waals surface area contributed by atoms with Gasteiger partial charge in [-0.3, -0.25) is 9.78 Å². The molecule has 0 aliphatic heterocycles. The first-order valence-electron chi connectivity index (χ1n) is 8.86. The lowest BCUT2D eigenvalue weighted by atomic mass is 10.1. The molecule has 4 aromatic rings. The Balaban J connectivity index is 1.80. The number of pyridine rings is 2. The third-order valence-corrected chi connectivity index (χ3v) is 4.51. The fourth-order valence-electron chi connectivity index (χ4n) is 3.14. The zero-order valence-corrected chi connectivity index (χ0v) is 15.6. The maximum Gasteiger partial charge on any atom is 0.416 e. The molecule has 0 radical (unpaired) electrons. The number of rotatable bonds is 3. The van der Waals surface area contributed by atoms with Crippen LogP contribution in [0.15, 0.2) is 71.8 Å². The molecule has 2 heterocycles. The first-order chi connectivity index (χ1) is 14.9. The van der Waals surface area contributed by atoms with E-state index in [1.165, 1.54) is 42.7 Å². The summed E-state index contributed by atoms with van der Waals surface area (Å²) in [6.07, 6.45) is 1.23. The van der Waals surface area contributed by atoms with Crippen LogP contribution in [0.5, 0.6) is 5.75 Å². The smallest absolute Gasteiger partial charge is 0.416 e. The Bertz CT molecular complexity index is 1400.